The molecule has 2 rings (SSSR count). The van der Waals surface area contributed by atoms with Crippen LogP contribution in [0.1, 0.15) is 11.3 Å². The van der Waals surface area contributed by atoms with Crippen molar-refractivity contribution in [2.24, 2.45) is 0 Å². The van der Waals surface area contributed by atoms with Crippen LogP contribution in [-0.4, -0.2) is 4.98 Å². The molecule has 0 spiro atoms. The minimum atomic E-state index is -0.599. The first kappa shape index (κ1) is 11.5. The summed E-state index contributed by atoms with van der Waals surface area (Å²) >= 11 is 0. The Morgan fingerprint density at radius 3 is 2.47 bits per heavy atom. The fourth-order valence-corrected chi connectivity index (χ4v) is 1.54. The van der Waals surface area contributed by atoms with Gasteiger partial charge in [-0.3, -0.25) is 4.98 Å². The van der Waals surface area contributed by atoms with Crippen molar-refractivity contribution in [1.82, 2.24) is 4.98 Å². The van der Waals surface area contributed by atoms with Gasteiger partial charge in [0.05, 0.1) is 12.2 Å². The smallest absolute Gasteiger partial charge is 0.149 e. The largest absolute Gasteiger partial charge is 0.375 e. The van der Waals surface area contributed by atoms with E-state index in [1.54, 1.807) is 6.20 Å². The first-order valence-corrected chi connectivity index (χ1v) is 5.27. The number of hydrogen-bond donors (Lipinski definition) is 1. The number of aromatic nitrogens is 1. The summed E-state index contributed by atoms with van der Waals surface area (Å²) in [6.45, 7) is 2.20. The molecule has 17 heavy (non-hydrogen) atoms. The summed E-state index contributed by atoms with van der Waals surface area (Å²) in [5.74, 6) is -1.20. The van der Waals surface area contributed by atoms with Gasteiger partial charge in [-0.05, 0) is 30.7 Å². The Hall–Kier alpha value is -1.97. The predicted octanol–water partition coefficient (Wildman–Crippen LogP) is 3.28. The summed E-state index contributed by atoms with van der Waals surface area (Å²) in [7, 11) is 0. The van der Waals surface area contributed by atoms with Gasteiger partial charge in [0, 0.05) is 6.20 Å². The lowest BCUT2D eigenvalue weighted by molar-refractivity contribution is 0.588. The second kappa shape index (κ2) is 4.91. The van der Waals surface area contributed by atoms with E-state index in [4.69, 9.17) is 0 Å². The highest BCUT2D eigenvalue weighted by Gasteiger charge is 2.08. The van der Waals surface area contributed by atoms with Crippen molar-refractivity contribution in [3.63, 3.8) is 0 Å². The standard InChI is InChI=1S/C13H12F2N2/c1-9-4-3-7-16-12(9)8-17-13-10(14)5-2-6-11(13)15/h2-7,17H,8H2,1H3. The topological polar surface area (TPSA) is 24.9 Å². The van der Waals surface area contributed by atoms with Gasteiger partial charge in [-0.2, -0.15) is 0 Å². The first-order valence-electron chi connectivity index (χ1n) is 5.27. The van der Waals surface area contributed by atoms with E-state index < -0.39 is 11.6 Å². The van der Waals surface area contributed by atoms with E-state index in [1.807, 2.05) is 19.1 Å². The highest BCUT2D eigenvalue weighted by molar-refractivity contribution is 5.46. The Morgan fingerprint density at radius 1 is 1.12 bits per heavy atom. The van der Waals surface area contributed by atoms with E-state index in [-0.39, 0.29) is 5.69 Å². The van der Waals surface area contributed by atoms with Gasteiger partial charge in [0.25, 0.3) is 0 Å². The van der Waals surface area contributed by atoms with Gasteiger partial charge in [-0.15, -0.1) is 0 Å². The molecule has 1 aromatic carbocycles. The van der Waals surface area contributed by atoms with E-state index in [0.717, 1.165) is 11.3 Å². The van der Waals surface area contributed by atoms with Crippen LogP contribution in [-0.2, 0) is 6.54 Å². The van der Waals surface area contributed by atoms with E-state index in [0.29, 0.717) is 6.54 Å². The van der Waals surface area contributed by atoms with Crippen LogP contribution in [0.3, 0.4) is 0 Å². The third kappa shape index (κ3) is 2.58. The Kier molecular flexibility index (Phi) is 3.32. The van der Waals surface area contributed by atoms with Gasteiger partial charge in [-0.1, -0.05) is 12.1 Å². The van der Waals surface area contributed by atoms with Crippen LogP contribution in [0.25, 0.3) is 0 Å². The lowest BCUT2D eigenvalue weighted by Gasteiger charge is -2.09. The van der Waals surface area contributed by atoms with Crippen LogP contribution in [0.2, 0.25) is 0 Å². The minimum Gasteiger partial charge on any atom is -0.375 e. The fraction of sp³-hybridized carbons (Fsp3) is 0.154. The maximum atomic E-state index is 13.3. The number of rotatable bonds is 3. The summed E-state index contributed by atoms with van der Waals surface area (Å²) in [4.78, 5) is 4.15. The van der Waals surface area contributed by atoms with Gasteiger partial charge >= 0.3 is 0 Å². The molecule has 0 saturated carbocycles. The highest BCUT2D eigenvalue weighted by Crippen LogP contribution is 2.18. The molecule has 88 valence electrons. The van der Waals surface area contributed by atoms with Gasteiger partial charge in [0.15, 0.2) is 0 Å². The summed E-state index contributed by atoms with van der Waals surface area (Å²) < 4.78 is 26.7. The Labute approximate surface area is 98.3 Å². The van der Waals surface area contributed by atoms with E-state index >= 15 is 0 Å². The number of nitrogens with zero attached hydrogens (tertiary/aromatic N) is 1. The normalized spacial score (nSPS) is 10.3. The van der Waals surface area contributed by atoms with E-state index in [2.05, 4.69) is 10.3 Å². The molecular weight excluding hydrogens is 222 g/mol. The monoisotopic (exact) mass is 234 g/mol. The van der Waals surface area contributed by atoms with Crippen molar-refractivity contribution in [2.45, 2.75) is 13.5 Å². The maximum Gasteiger partial charge on any atom is 0.149 e. The molecule has 1 aromatic heterocycles. The molecule has 0 aliphatic carbocycles. The van der Waals surface area contributed by atoms with Crippen molar-refractivity contribution in [2.75, 3.05) is 5.32 Å². The zero-order chi connectivity index (χ0) is 12.3. The number of para-hydroxylation sites is 1. The van der Waals surface area contributed by atoms with Gasteiger partial charge in [-0.25, -0.2) is 8.78 Å². The zero-order valence-electron chi connectivity index (χ0n) is 9.37. The lowest BCUT2D eigenvalue weighted by atomic mass is 10.2. The quantitative estimate of drug-likeness (QED) is 0.881. The van der Waals surface area contributed by atoms with Gasteiger partial charge < -0.3 is 5.32 Å². The molecule has 4 heteroatoms. The second-order valence-corrected chi connectivity index (χ2v) is 3.72. The number of pyridine rings is 1. The lowest BCUT2D eigenvalue weighted by Crippen LogP contribution is -2.06. The molecule has 0 saturated heterocycles. The molecule has 0 bridgehead atoms. The van der Waals surface area contributed by atoms with Crippen LogP contribution >= 0.6 is 0 Å². The molecule has 0 aliphatic heterocycles. The number of hydrogen-bond acceptors (Lipinski definition) is 2. The minimum absolute atomic E-state index is 0.113. The molecule has 2 nitrogen and oxygen atoms in total. The molecule has 0 atom stereocenters. The molecule has 0 unspecified atom stereocenters. The van der Waals surface area contributed by atoms with Gasteiger partial charge in [0.2, 0.25) is 0 Å². The number of anilines is 1. The summed E-state index contributed by atoms with van der Waals surface area (Å²) in [6, 6.07) is 7.50. The first-order chi connectivity index (χ1) is 8.18. The maximum absolute atomic E-state index is 13.3. The average Bonchev–Trinajstić information content (AvgIpc) is 2.30. The number of benzene rings is 1. The molecule has 2 aromatic rings. The van der Waals surface area contributed by atoms with E-state index in [1.165, 1.54) is 18.2 Å². The van der Waals surface area contributed by atoms with Crippen molar-refractivity contribution in [3.8, 4) is 0 Å². The molecule has 0 aliphatic rings. The summed E-state index contributed by atoms with van der Waals surface area (Å²) in [5, 5.41) is 2.73. The van der Waals surface area contributed by atoms with Gasteiger partial charge in [0.1, 0.15) is 17.3 Å². The SMILES string of the molecule is Cc1cccnc1CNc1c(F)cccc1F. The van der Waals surface area contributed by atoms with Crippen molar-refractivity contribution in [3.05, 3.63) is 59.4 Å². The molecule has 1 N–H and O–H groups in total. The summed E-state index contributed by atoms with van der Waals surface area (Å²) in [5.41, 5.74) is 1.64. The summed E-state index contributed by atoms with van der Waals surface area (Å²) in [6.07, 6.45) is 1.65. The van der Waals surface area contributed by atoms with Crippen molar-refractivity contribution >= 4 is 5.69 Å². The van der Waals surface area contributed by atoms with E-state index in [9.17, 15) is 8.78 Å². The van der Waals surface area contributed by atoms with Crippen LogP contribution in [0, 0.1) is 18.6 Å². The number of aryl methyl sites for hydroxylation is 1. The molecule has 1 heterocycles. The Balaban J connectivity index is 2.16. The Bertz CT molecular complexity index is 506. The average molecular weight is 234 g/mol. The number of halogens is 2. The molecule has 0 radical (unpaired) electrons. The van der Waals surface area contributed by atoms with Crippen LogP contribution < -0.4 is 5.32 Å². The van der Waals surface area contributed by atoms with Crippen LogP contribution in [0.5, 0.6) is 0 Å². The second-order valence-electron chi connectivity index (χ2n) is 3.72. The van der Waals surface area contributed by atoms with Crippen molar-refractivity contribution < 1.29 is 8.78 Å². The molecular formula is C13H12F2N2. The third-order valence-electron chi connectivity index (χ3n) is 2.51. The zero-order valence-corrected chi connectivity index (χ0v) is 9.37. The predicted molar refractivity (Wildman–Crippen MR) is 62.7 cm³/mol. The van der Waals surface area contributed by atoms with Crippen molar-refractivity contribution in [1.29, 1.82) is 0 Å². The molecule has 0 amide bonds. The highest BCUT2D eigenvalue weighted by atomic mass is 19.1. The number of nitrogens with one attached hydrogen (secondary N) is 1. The van der Waals surface area contributed by atoms with Crippen LogP contribution in [0.4, 0.5) is 14.5 Å². The fourth-order valence-electron chi connectivity index (χ4n) is 1.54. The molecule has 0 fully saturated rings. The third-order valence-corrected chi connectivity index (χ3v) is 2.51. The van der Waals surface area contributed by atoms with Crippen LogP contribution in [0.15, 0.2) is 36.5 Å². The Morgan fingerprint density at radius 2 is 1.82 bits per heavy atom.